The largest absolute Gasteiger partial charge is 0.386 e. The van der Waals surface area contributed by atoms with Gasteiger partial charge in [0.15, 0.2) is 0 Å². The first-order chi connectivity index (χ1) is 19.1. The highest BCUT2D eigenvalue weighted by molar-refractivity contribution is 6.30. The number of fused-ring (bicyclic) bond motifs is 2. The van der Waals surface area contributed by atoms with E-state index >= 15 is 0 Å². The number of anilines is 1. The lowest BCUT2D eigenvalue weighted by Crippen LogP contribution is -2.45. The lowest BCUT2D eigenvalue weighted by molar-refractivity contribution is -0.0786. The maximum absolute atomic E-state index is 11.5. The highest BCUT2D eigenvalue weighted by atomic mass is 35.5. The van der Waals surface area contributed by atoms with Gasteiger partial charge in [-0.2, -0.15) is 0 Å². The van der Waals surface area contributed by atoms with E-state index in [0.717, 1.165) is 83.1 Å². The van der Waals surface area contributed by atoms with E-state index in [0.29, 0.717) is 5.02 Å². The number of ether oxygens (including phenoxy) is 2. The zero-order chi connectivity index (χ0) is 26.7. The van der Waals surface area contributed by atoms with E-state index in [2.05, 4.69) is 51.5 Å². The molecule has 1 spiro atoms. The number of benzene rings is 3. The van der Waals surface area contributed by atoms with Crippen LogP contribution >= 0.6 is 11.6 Å². The Balaban J connectivity index is 1.09. The Morgan fingerprint density at radius 2 is 1.56 bits per heavy atom. The van der Waals surface area contributed by atoms with Crippen LogP contribution in [0.3, 0.4) is 0 Å². The second-order valence-corrected chi connectivity index (χ2v) is 11.3. The molecule has 7 heteroatoms. The van der Waals surface area contributed by atoms with Crippen molar-refractivity contribution in [1.29, 1.82) is 0 Å². The molecular weight excluding hydrogens is 510 g/mol. The molecule has 0 saturated carbocycles. The molecule has 3 aliphatic heterocycles. The maximum atomic E-state index is 11.5. The van der Waals surface area contributed by atoms with Crippen molar-refractivity contribution in [3.63, 3.8) is 0 Å². The van der Waals surface area contributed by atoms with Crippen LogP contribution in [0.1, 0.15) is 47.2 Å². The van der Waals surface area contributed by atoms with Gasteiger partial charge >= 0.3 is 0 Å². The molecule has 3 aromatic carbocycles. The van der Waals surface area contributed by atoms with E-state index < -0.39 is 6.10 Å². The molecule has 0 amide bonds. The van der Waals surface area contributed by atoms with Crippen LogP contribution in [0.25, 0.3) is 0 Å². The molecule has 0 unspecified atom stereocenters. The van der Waals surface area contributed by atoms with Crippen LogP contribution in [0, 0.1) is 0 Å². The normalized spacial score (nSPS) is 20.6. The van der Waals surface area contributed by atoms with Crippen molar-refractivity contribution < 1.29 is 14.6 Å². The molecule has 3 aromatic rings. The van der Waals surface area contributed by atoms with Crippen LogP contribution in [0.5, 0.6) is 0 Å². The van der Waals surface area contributed by atoms with Crippen molar-refractivity contribution in [2.24, 2.45) is 0 Å². The van der Waals surface area contributed by atoms with E-state index in [-0.39, 0.29) is 11.6 Å². The van der Waals surface area contributed by atoms with Crippen molar-refractivity contribution in [3.8, 4) is 0 Å². The quantitative estimate of drug-likeness (QED) is 0.411. The molecule has 0 aromatic heterocycles. The third-order valence-corrected chi connectivity index (χ3v) is 8.88. The zero-order valence-corrected chi connectivity index (χ0v) is 23.2. The van der Waals surface area contributed by atoms with Gasteiger partial charge in [0.2, 0.25) is 0 Å². The summed E-state index contributed by atoms with van der Waals surface area (Å²) in [5.74, 6) is 0. The first-order valence-electron chi connectivity index (χ1n) is 14.2. The van der Waals surface area contributed by atoms with Crippen molar-refractivity contribution in [2.45, 2.75) is 37.2 Å². The second-order valence-electron chi connectivity index (χ2n) is 10.9. The SMILES string of the molecule is O[C@@H](c1ccc(N2CCOCC2)cc1)[C@H](NCCN1CCC2(CC1)OCc1ccccc12)c1ccc(Cl)cc1. The molecule has 2 saturated heterocycles. The number of aliphatic hydroxyl groups is 1. The molecule has 6 nitrogen and oxygen atoms in total. The molecule has 0 bridgehead atoms. The number of halogens is 1. The first kappa shape index (κ1) is 26.8. The van der Waals surface area contributed by atoms with Gasteiger partial charge in [-0.05, 0) is 59.4 Å². The number of hydrogen-bond donors (Lipinski definition) is 2. The Hall–Kier alpha value is -2.45. The molecule has 0 aliphatic carbocycles. The lowest BCUT2D eigenvalue weighted by atomic mass is 9.84. The molecule has 3 aliphatic rings. The number of hydrogen-bond acceptors (Lipinski definition) is 6. The van der Waals surface area contributed by atoms with E-state index in [4.69, 9.17) is 21.1 Å². The number of rotatable bonds is 8. The predicted octanol–water partition coefficient (Wildman–Crippen LogP) is 5.06. The molecule has 2 fully saturated rings. The Labute approximate surface area is 236 Å². The van der Waals surface area contributed by atoms with Crippen LogP contribution in [0.2, 0.25) is 5.02 Å². The van der Waals surface area contributed by atoms with Crippen LogP contribution < -0.4 is 10.2 Å². The van der Waals surface area contributed by atoms with Gasteiger partial charge in [-0.15, -0.1) is 0 Å². The highest BCUT2D eigenvalue weighted by Crippen LogP contribution is 2.44. The molecule has 2 atom stereocenters. The van der Waals surface area contributed by atoms with Gasteiger partial charge in [0, 0.05) is 50.0 Å². The summed E-state index contributed by atoms with van der Waals surface area (Å²) in [6.45, 7) is 7.74. The van der Waals surface area contributed by atoms with Crippen molar-refractivity contribution >= 4 is 17.3 Å². The summed E-state index contributed by atoms with van der Waals surface area (Å²) in [5.41, 5.74) is 5.70. The summed E-state index contributed by atoms with van der Waals surface area (Å²) in [5, 5.41) is 15.9. The summed E-state index contributed by atoms with van der Waals surface area (Å²) in [6, 6.07) is 24.5. The van der Waals surface area contributed by atoms with E-state index in [1.807, 2.05) is 36.4 Å². The number of nitrogens with zero attached hydrogens (tertiary/aromatic N) is 2. The number of likely N-dealkylation sites (tertiary alicyclic amines) is 1. The lowest BCUT2D eigenvalue weighted by Gasteiger charge is -2.39. The fourth-order valence-electron chi connectivity index (χ4n) is 6.29. The second kappa shape index (κ2) is 12.0. The maximum Gasteiger partial charge on any atom is 0.0984 e. The van der Waals surface area contributed by atoms with Crippen LogP contribution in [-0.4, -0.2) is 62.5 Å². The number of nitrogens with one attached hydrogen (secondary N) is 1. The van der Waals surface area contributed by atoms with Gasteiger partial charge < -0.3 is 29.7 Å². The van der Waals surface area contributed by atoms with E-state index in [9.17, 15) is 5.11 Å². The zero-order valence-electron chi connectivity index (χ0n) is 22.4. The van der Waals surface area contributed by atoms with E-state index in [1.54, 1.807) is 0 Å². The molecule has 206 valence electrons. The Kier molecular flexibility index (Phi) is 8.21. The fraction of sp³-hybridized carbons (Fsp3) is 0.438. The van der Waals surface area contributed by atoms with Gasteiger partial charge in [-0.3, -0.25) is 0 Å². The van der Waals surface area contributed by atoms with Crippen molar-refractivity contribution in [1.82, 2.24) is 10.2 Å². The van der Waals surface area contributed by atoms with Gasteiger partial charge in [0.1, 0.15) is 0 Å². The minimum Gasteiger partial charge on any atom is -0.386 e. The topological polar surface area (TPSA) is 57.2 Å². The summed E-state index contributed by atoms with van der Waals surface area (Å²) in [6.07, 6.45) is 1.35. The van der Waals surface area contributed by atoms with Gasteiger partial charge in [-0.25, -0.2) is 0 Å². The fourth-order valence-corrected chi connectivity index (χ4v) is 6.42. The molecule has 0 radical (unpaired) electrons. The number of aliphatic hydroxyl groups excluding tert-OH is 1. The Bertz CT molecular complexity index is 1220. The van der Waals surface area contributed by atoms with Crippen LogP contribution in [0.15, 0.2) is 72.8 Å². The van der Waals surface area contributed by atoms with Crippen LogP contribution in [0.4, 0.5) is 5.69 Å². The van der Waals surface area contributed by atoms with Gasteiger partial charge in [0.05, 0.1) is 37.6 Å². The summed E-state index contributed by atoms with van der Waals surface area (Å²) in [4.78, 5) is 4.83. The first-order valence-corrected chi connectivity index (χ1v) is 14.5. The molecule has 6 rings (SSSR count). The Morgan fingerprint density at radius 3 is 2.31 bits per heavy atom. The highest BCUT2D eigenvalue weighted by Gasteiger charge is 2.42. The summed E-state index contributed by atoms with van der Waals surface area (Å²) < 4.78 is 11.8. The molecule has 2 N–H and O–H groups in total. The number of morpholine rings is 1. The summed E-state index contributed by atoms with van der Waals surface area (Å²) in [7, 11) is 0. The minimum atomic E-state index is -0.682. The van der Waals surface area contributed by atoms with Crippen molar-refractivity contribution in [2.75, 3.05) is 57.4 Å². The average Bonchev–Trinajstić information content (AvgIpc) is 3.35. The Morgan fingerprint density at radius 1 is 0.872 bits per heavy atom. The monoisotopic (exact) mass is 547 g/mol. The smallest absolute Gasteiger partial charge is 0.0984 e. The van der Waals surface area contributed by atoms with E-state index in [1.165, 1.54) is 16.8 Å². The minimum absolute atomic E-state index is 0.115. The van der Waals surface area contributed by atoms with Gasteiger partial charge in [0.25, 0.3) is 0 Å². The molecule has 39 heavy (non-hydrogen) atoms. The standard InChI is InChI=1S/C32H38ClN3O3/c33-27-9-5-24(6-10-27)30(31(37)25-7-11-28(12-8-25)36-19-21-38-22-20-36)34-15-18-35-16-13-32(14-17-35)29-4-2-1-3-26(29)23-39-32/h1-12,30-31,34,37H,13-23H2/t30-,31+/m1/s1. The average molecular weight is 548 g/mol. The number of piperidine rings is 1. The van der Waals surface area contributed by atoms with Crippen LogP contribution in [-0.2, 0) is 21.7 Å². The summed E-state index contributed by atoms with van der Waals surface area (Å²) >= 11 is 6.18. The predicted molar refractivity (Wildman–Crippen MR) is 155 cm³/mol. The molecule has 3 heterocycles. The van der Waals surface area contributed by atoms with Gasteiger partial charge in [-0.1, -0.05) is 60.1 Å². The third kappa shape index (κ3) is 5.87. The third-order valence-electron chi connectivity index (χ3n) is 8.62. The molecular formula is C32H38ClN3O3. The van der Waals surface area contributed by atoms with Crippen molar-refractivity contribution in [3.05, 3.63) is 100 Å².